The van der Waals surface area contributed by atoms with Crippen molar-refractivity contribution in [3.8, 4) is 0 Å². The molecule has 1 unspecified atom stereocenters. The number of rotatable bonds is 6. The highest BCUT2D eigenvalue weighted by molar-refractivity contribution is 5.94. The van der Waals surface area contributed by atoms with E-state index in [1.54, 1.807) is 0 Å². The highest BCUT2D eigenvalue weighted by Crippen LogP contribution is 2.21. The lowest BCUT2D eigenvalue weighted by molar-refractivity contribution is -0.122. The highest BCUT2D eigenvalue weighted by Gasteiger charge is 2.28. The fourth-order valence-corrected chi connectivity index (χ4v) is 2.74. The normalized spacial score (nSPS) is 18.2. The van der Waals surface area contributed by atoms with Crippen molar-refractivity contribution in [1.82, 2.24) is 4.90 Å². The Kier molecular flexibility index (Phi) is 9.92. The van der Waals surface area contributed by atoms with E-state index in [1.165, 1.54) is 0 Å². The van der Waals surface area contributed by atoms with Gasteiger partial charge in [0, 0.05) is 12.2 Å². The molecule has 1 saturated heterocycles. The Morgan fingerprint density at radius 3 is 2.71 bits per heavy atom. The van der Waals surface area contributed by atoms with Crippen molar-refractivity contribution < 1.29 is 9.59 Å². The van der Waals surface area contributed by atoms with Crippen molar-refractivity contribution in [3.05, 3.63) is 29.8 Å². The number of halogens is 2. The zero-order valence-corrected chi connectivity index (χ0v) is 15.4. The third-order valence-corrected chi connectivity index (χ3v) is 4.05. The van der Waals surface area contributed by atoms with Crippen molar-refractivity contribution in [3.63, 3.8) is 0 Å². The van der Waals surface area contributed by atoms with Gasteiger partial charge in [-0.15, -0.1) is 24.8 Å². The summed E-state index contributed by atoms with van der Waals surface area (Å²) in [6.45, 7) is 3.39. The maximum atomic E-state index is 11.8. The van der Waals surface area contributed by atoms with Crippen LogP contribution < -0.4 is 16.8 Å². The Labute approximate surface area is 155 Å². The zero-order valence-electron chi connectivity index (χ0n) is 13.7. The first-order valence-electron chi connectivity index (χ1n) is 7.70. The summed E-state index contributed by atoms with van der Waals surface area (Å²) in [5.41, 5.74) is 12.9. The summed E-state index contributed by atoms with van der Waals surface area (Å²) in [7, 11) is 0. The number of benzene rings is 1. The first-order chi connectivity index (χ1) is 10.5. The quantitative estimate of drug-likeness (QED) is 0.702. The van der Waals surface area contributed by atoms with Crippen LogP contribution in [0.25, 0.3) is 0 Å². The number of hydrogen-bond donors (Lipinski definition) is 3. The fourth-order valence-electron chi connectivity index (χ4n) is 2.74. The van der Waals surface area contributed by atoms with Crippen LogP contribution in [0.3, 0.4) is 0 Å². The summed E-state index contributed by atoms with van der Waals surface area (Å²) in [4.78, 5) is 25.3. The van der Waals surface area contributed by atoms with E-state index in [2.05, 4.69) is 10.2 Å². The van der Waals surface area contributed by atoms with Gasteiger partial charge in [0.25, 0.3) is 0 Å². The molecule has 0 bridgehead atoms. The lowest BCUT2D eigenvalue weighted by Gasteiger charge is -2.22. The Balaban J connectivity index is 0.00000264. The molecule has 0 aliphatic carbocycles. The molecule has 2 amide bonds. The van der Waals surface area contributed by atoms with Crippen molar-refractivity contribution in [1.29, 1.82) is 0 Å². The van der Waals surface area contributed by atoms with E-state index in [4.69, 9.17) is 11.5 Å². The number of carbonyl (C=O) groups is 2. The molecule has 1 aromatic carbocycles. The number of amides is 2. The van der Waals surface area contributed by atoms with E-state index >= 15 is 0 Å². The molecular formula is C16H26Cl2N4O2. The average molecular weight is 377 g/mol. The van der Waals surface area contributed by atoms with E-state index < -0.39 is 6.04 Å². The topological polar surface area (TPSA) is 101 Å². The molecule has 24 heavy (non-hydrogen) atoms. The van der Waals surface area contributed by atoms with Crippen LogP contribution in [0.15, 0.2) is 24.3 Å². The SMILES string of the molecule is CC[C@H](N)C(=O)Nc1cccc(CN2CCCC2C(N)=O)c1.Cl.Cl. The molecule has 1 aliphatic rings. The largest absolute Gasteiger partial charge is 0.368 e. The summed E-state index contributed by atoms with van der Waals surface area (Å²) < 4.78 is 0. The highest BCUT2D eigenvalue weighted by atomic mass is 35.5. The second-order valence-electron chi connectivity index (χ2n) is 5.74. The van der Waals surface area contributed by atoms with Gasteiger partial charge in [-0.3, -0.25) is 14.5 Å². The maximum absolute atomic E-state index is 11.8. The van der Waals surface area contributed by atoms with E-state index in [0.717, 1.165) is 30.6 Å². The Hall–Kier alpha value is -1.34. The van der Waals surface area contributed by atoms with E-state index in [-0.39, 0.29) is 42.7 Å². The van der Waals surface area contributed by atoms with Gasteiger partial charge in [-0.1, -0.05) is 19.1 Å². The number of anilines is 1. The number of hydrogen-bond acceptors (Lipinski definition) is 4. The third kappa shape index (κ3) is 5.94. The molecule has 0 saturated carbocycles. The number of nitrogens with one attached hydrogen (secondary N) is 1. The Bertz CT molecular complexity index is 557. The molecular weight excluding hydrogens is 351 g/mol. The molecule has 1 fully saturated rings. The van der Waals surface area contributed by atoms with Crippen LogP contribution in [0.4, 0.5) is 5.69 Å². The van der Waals surface area contributed by atoms with Crippen LogP contribution in [0, 0.1) is 0 Å². The maximum Gasteiger partial charge on any atom is 0.241 e. The van der Waals surface area contributed by atoms with Gasteiger partial charge in [0.1, 0.15) is 0 Å². The molecule has 0 aromatic heterocycles. The van der Waals surface area contributed by atoms with Gasteiger partial charge in [0.2, 0.25) is 11.8 Å². The van der Waals surface area contributed by atoms with E-state index in [9.17, 15) is 9.59 Å². The monoisotopic (exact) mass is 376 g/mol. The number of nitrogens with zero attached hydrogens (tertiary/aromatic N) is 1. The van der Waals surface area contributed by atoms with Crippen molar-refractivity contribution in [2.45, 2.75) is 44.8 Å². The van der Waals surface area contributed by atoms with Crippen LogP contribution in [0.1, 0.15) is 31.7 Å². The van der Waals surface area contributed by atoms with Gasteiger partial charge < -0.3 is 16.8 Å². The minimum absolute atomic E-state index is 0. The lowest BCUT2D eigenvalue weighted by Crippen LogP contribution is -2.39. The summed E-state index contributed by atoms with van der Waals surface area (Å²) >= 11 is 0. The third-order valence-electron chi connectivity index (χ3n) is 4.05. The number of nitrogens with two attached hydrogens (primary N) is 2. The first-order valence-corrected chi connectivity index (χ1v) is 7.70. The molecule has 0 spiro atoms. The number of carbonyl (C=O) groups excluding carboxylic acids is 2. The standard InChI is InChI=1S/C16H24N4O2.2ClH/c1-2-13(17)16(22)19-12-6-3-5-11(9-12)10-20-8-4-7-14(20)15(18)21;;/h3,5-6,9,13-14H,2,4,7-8,10,17H2,1H3,(H2,18,21)(H,19,22);2*1H/t13-,14?;;/m0../s1. The average Bonchev–Trinajstić information content (AvgIpc) is 2.95. The Morgan fingerprint density at radius 2 is 2.08 bits per heavy atom. The second kappa shape index (κ2) is 10.5. The summed E-state index contributed by atoms with van der Waals surface area (Å²) in [6, 6.07) is 6.92. The molecule has 8 heteroatoms. The predicted molar refractivity (Wildman–Crippen MR) is 100 cm³/mol. The second-order valence-corrected chi connectivity index (χ2v) is 5.74. The van der Waals surface area contributed by atoms with Gasteiger partial charge in [-0.2, -0.15) is 0 Å². The van der Waals surface area contributed by atoms with Crippen molar-refractivity contribution >= 4 is 42.3 Å². The van der Waals surface area contributed by atoms with Crippen molar-refractivity contribution in [2.75, 3.05) is 11.9 Å². The summed E-state index contributed by atoms with van der Waals surface area (Å²) in [5.74, 6) is -0.452. The first kappa shape index (κ1) is 22.7. The van der Waals surface area contributed by atoms with Crippen molar-refractivity contribution in [2.24, 2.45) is 11.5 Å². The molecule has 1 aliphatic heterocycles. The molecule has 2 atom stereocenters. The van der Waals surface area contributed by atoms with Crippen LogP contribution in [0.5, 0.6) is 0 Å². The zero-order chi connectivity index (χ0) is 16.1. The van der Waals surface area contributed by atoms with Gasteiger partial charge >= 0.3 is 0 Å². The van der Waals surface area contributed by atoms with Gasteiger partial charge in [-0.25, -0.2) is 0 Å². The van der Waals surface area contributed by atoms with Crippen LogP contribution >= 0.6 is 24.8 Å². The summed E-state index contributed by atoms with van der Waals surface area (Å²) in [5, 5.41) is 2.82. The molecule has 2 rings (SSSR count). The number of likely N-dealkylation sites (tertiary alicyclic amines) is 1. The number of primary amides is 1. The summed E-state index contributed by atoms with van der Waals surface area (Å²) in [6.07, 6.45) is 2.39. The van der Waals surface area contributed by atoms with Gasteiger partial charge in [0.15, 0.2) is 0 Å². The minimum Gasteiger partial charge on any atom is -0.368 e. The van der Waals surface area contributed by atoms with Gasteiger partial charge in [-0.05, 0) is 43.5 Å². The molecule has 136 valence electrons. The van der Waals surface area contributed by atoms with Crippen LogP contribution in [0.2, 0.25) is 0 Å². The van der Waals surface area contributed by atoms with E-state index in [1.807, 2.05) is 31.2 Å². The Morgan fingerprint density at radius 1 is 1.38 bits per heavy atom. The molecule has 1 aromatic rings. The lowest BCUT2D eigenvalue weighted by atomic mass is 10.1. The molecule has 1 heterocycles. The molecule has 0 radical (unpaired) electrons. The predicted octanol–water partition coefficient (Wildman–Crippen LogP) is 1.66. The molecule has 6 nitrogen and oxygen atoms in total. The van der Waals surface area contributed by atoms with Crippen LogP contribution in [-0.2, 0) is 16.1 Å². The van der Waals surface area contributed by atoms with Gasteiger partial charge in [0.05, 0.1) is 12.1 Å². The fraction of sp³-hybridized carbons (Fsp3) is 0.500. The molecule has 5 N–H and O–H groups in total. The minimum atomic E-state index is -0.499. The smallest absolute Gasteiger partial charge is 0.241 e. The van der Waals surface area contributed by atoms with Crippen LogP contribution in [-0.4, -0.2) is 35.3 Å². The van der Waals surface area contributed by atoms with E-state index in [0.29, 0.717) is 13.0 Å².